The van der Waals surface area contributed by atoms with Crippen LogP contribution in [0, 0.1) is 0 Å². The van der Waals surface area contributed by atoms with E-state index in [0.717, 1.165) is 24.9 Å². The number of nitrogens with one attached hydrogen (secondary N) is 1. The molecule has 2 aromatic carbocycles. The Morgan fingerprint density at radius 3 is 2.68 bits per heavy atom. The number of benzene rings is 2. The Balaban J connectivity index is 1.77. The highest BCUT2D eigenvalue weighted by atomic mass is 35.5. The Morgan fingerprint density at radius 2 is 2.00 bits per heavy atom. The van der Waals surface area contributed by atoms with Gasteiger partial charge >= 0.3 is 0 Å². The number of ketones is 1. The molecule has 28 heavy (non-hydrogen) atoms. The van der Waals surface area contributed by atoms with Gasteiger partial charge in [-0.05, 0) is 62.7 Å². The number of anilines is 1. The molecule has 1 aliphatic rings. The van der Waals surface area contributed by atoms with Crippen molar-refractivity contribution in [3.63, 3.8) is 0 Å². The first-order valence-corrected chi connectivity index (χ1v) is 9.82. The third-order valence-electron chi connectivity index (χ3n) is 4.92. The Morgan fingerprint density at radius 1 is 1.21 bits per heavy atom. The molecular formula is C21H22Cl2N2O3. The number of methoxy groups -OCH3 is 1. The van der Waals surface area contributed by atoms with Gasteiger partial charge < -0.3 is 10.1 Å². The van der Waals surface area contributed by atoms with Gasteiger partial charge in [-0.2, -0.15) is 0 Å². The zero-order chi connectivity index (χ0) is 20.3. The molecule has 1 amide bonds. The lowest BCUT2D eigenvalue weighted by molar-refractivity contribution is -0.120. The van der Waals surface area contributed by atoms with Crippen molar-refractivity contribution >= 4 is 40.6 Å². The maximum Gasteiger partial charge on any atom is 0.241 e. The van der Waals surface area contributed by atoms with E-state index in [2.05, 4.69) is 10.2 Å². The molecule has 7 heteroatoms. The molecule has 1 atom stereocenters. The molecule has 0 spiro atoms. The number of halogens is 2. The van der Waals surface area contributed by atoms with Gasteiger partial charge in [-0.3, -0.25) is 14.5 Å². The minimum Gasteiger partial charge on any atom is -0.496 e. The number of carbonyl (C=O) groups is 2. The smallest absolute Gasteiger partial charge is 0.241 e. The van der Waals surface area contributed by atoms with Crippen molar-refractivity contribution in [3.8, 4) is 5.75 Å². The first-order chi connectivity index (χ1) is 13.4. The van der Waals surface area contributed by atoms with Crippen molar-refractivity contribution in [1.82, 2.24) is 4.90 Å². The first-order valence-electron chi connectivity index (χ1n) is 9.07. The summed E-state index contributed by atoms with van der Waals surface area (Å²) in [5, 5.41) is 3.82. The molecule has 0 aliphatic carbocycles. The van der Waals surface area contributed by atoms with Crippen molar-refractivity contribution in [2.75, 3.05) is 19.0 Å². The van der Waals surface area contributed by atoms with Crippen LogP contribution in [-0.2, 0) is 11.3 Å². The fraction of sp³-hybridized carbons (Fsp3) is 0.333. The van der Waals surface area contributed by atoms with Crippen LogP contribution >= 0.6 is 23.2 Å². The Labute approximate surface area is 174 Å². The summed E-state index contributed by atoms with van der Waals surface area (Å²) in [7, 11) is 1.60. The summed E-state index contributed by atoms with van der Waals surface area (Å²) >= 11 is 12.1. The number of hydrogen-bond donors (Lipinski definition) is 1. The van der Waals surface area contributed by atoms with E-state index in [4.69, 9.17) is 27.9 Å². The molecule has 1 saturated heterocycles. The number of likely N-dealkylation sites (tertiary alicyclic amines) is 1. The molecular weight excluding hydrogens is 399 g/mol. The van der Waals surface area contributed by atoms with Gasteiger partial charge in [0.05, 0.1) is 23.9 Å². The van der Waals surface area contributed by atoms with E-state index in [1.165, 1.54) is 6.92 Å². The standard InChI is InChI=1S/C21H22Cl2N2O3/c1-13(26)14-5-8-20(28-2)15(10-14)12-25-9-3-4-19(25)21(27)24-18-7-6-16(22)11-17(18)23/h5-8,10-11,19H,3-4,9,12H2,1-2H3,(H,24,27)/t19-/m0/s1. The van der Waals surface area contributed by atoms with Gasteiger partial charge in [0.2, 0.25) is 5.91 Å². The molecule has 0 unspecified atom stereocenters. The summed E-state index contributed by atoms with van der Waals surface area (Å²) in [4.78, 5) is 26.7. The molecule has 0 aromatic heterocycles. The molecule has 1 fully saturated rings. The zero-order valence-electron chi connectivity index (χ0n) is 15.8. The lowest BCUT2D eigenvalue weighted by atomic mass is 10.1. The molecule has 0 bridgehead atoms. The van der Waals surface area contributed by atoms with Crippen molar-refractivity contribution in [3.05, 3.63) is 57.6 Å². The summed E-state index contributed by atoms with van der Waals surface area (Å²) in [5.41, 5.74) is 2.06. The van der Waals surface area contributed by atoms with Crippen molar-refractivity contribution < 1.29 is 14.3 Å². The lowest BCUT2D eigenvalue weighted by Crippen LogP contribution is -2.39. The van der Waals surface area contributed by atoms with Crippen LogP contribution in [0.1, 0.15) is 35.7 Å². The van der Waals surface area contributed by atoms with Crippen LogP contribution in [0.4, 0.5) is 5.69 Å². The highest BCUT2D eigenvalue weighted by Crippen LogP contribution is 2.29. The molecule has 1 N–H and O–H groups in total. The van der Waals surface area contributed by atoms with Crippen molar-refractivity contribution in [2.45, 2.75) is 32.4 Å². The Kier molecular flexibility index (Phi) is 6.60. The molecule has 5 nitrogen and oxygen atoms in total. The fourth-order valence-electron chi connectivity index (χ4n) is 3.46. The summed E-state index contributed by atoms with van der Waals surface area (Å²) in [5.74, 6) is 0.595. The molecule has 0 radical (unpaired) electrons. The number of carbonyl (C=O) groups excluding carboxylic acids is 2. The van der Waals surface area contributed by atoms with Crippen LogP contribution < -0.4 is 10.1 Å². The molecule has 3 rings (SSSR count). The lowest BCUT2D eigenvalue weighted by Gasteiger charge is -2.25. The predicted molar refractivity (Wildman–Crippen MR) is 112 cm³/mol. The van der Waals surface area contributed by atoms with Gasteiger partial charge in [0.25, 0.3) is 0 Å². The van der Waals surface area contributed by atoms with Crippen LogP contribution in [0.5, 0.6) is 5.75 Å². The predicted octanol–water partition coefficient (Wildman–Crippen LogP) is 4.81. The average Bonchev–Trinajstić information content (AvgIpc) is 3.12. The number of nitrogens with zero attached hydrogens (tertiary/aromatic N) is 1. The molecule has 148 valence electrons. The van der Waals surface area contributed by atoms with Gasteiger partial charge in [0.1, 0.15) is 5.75 Å². The average molecular weight is 421 g/mol. The van der Waals surface area contributed by atoms with E-state index >= 15 is 0 Å². The summed E-state index contributed by atoms with van der Waals surface area (Å²) in [6.07, 6.45) is 1.67. The largest absolute Gasteiger partial charge is 0.496 e. The number of hydrogen-bond acceptors (Lipinski definition) is 4. The minimum atomic E-state index is -0.280. The number of Topliss-reactive ketones (excluding diaryl/α,β-unsaturated/α-hetero) is 1. The second-order valence-electron chi connectivity index (χ2n) is 6.82. The SMILES string of the molecule is COc1ccc(C(C)=O)cc1CN1CCC[C@H]1C(=O)Nc1ccc(Cl)cc1Cl. The number of amides is 1. The van der Waals surface area contributed by atoms with Gasteiger partial charge in [0, 0.05) is 22.7 Å². The van der Waals surface area contributed by atoms with Crippen LogP contribution in [0.25, 0.3) is 0 Å². The maximum atomic E-state index is 12.9. The van der Waals surface area contributed by atoms with E-state index in [-0.39, 0.29) is 17.7 Å². The van der Waals surface area contributed by atoms with Gasteiger partial charge in [0.15, 0.2) is 5.78 Å². The first kappa shape index (κ1) is 20.6. The maximum absolute atomic E-state index is 12.9. The number of ether oxygens (including phenoxy) is 1. The van der Waals surface area contributed by atoms with Crippen LogP contribution in [-0.4, -0.2) is 36.3 Å². The normalized spacial score (nSPS) is 16.8. The monoisotopic (exact) mass is 420 g/mol. The third kappa shape index (κ3) is 4.66. The molecule has 2 aromatic rings. The highest BCUT2D eigenvalue weighted by Gasteiger charge is 2.31. The quantitative estimate of drug-likeness (QED) is 0.681. The second-order valence-corrected chi connectivity index (χ2v) is 7.67. The minimum absolute atomic E-state index is 0.00278. The van der Waals surface area contributed by atoms with E-state index in [1.54, 1.807) is 37.4 Å². The summed E-state index contributed by atoms with van der Waals surface area (Å²) < 4.78 is 5.44. The fourth-order valence-corrected chi connectivity index (χ4v) is 3.91. The Hall–Kier alpha value is -2.08. The van der Waals surface area contributed by atoms with E-state index in [1.807, 2.05) is 6.07 Å². The van der Waals surface area contributed by atoms with Crippen LogP contribution in [0.3, 0.4) is 0 Å². The zero-order valence-corrected chi connectivity index (χ0v) is 17.3. The van der Waals surface area contributed by atoms with Crippen LogP contribution in [0.2, 0.25) is 10.0 Å². The topological polar surface area (TPSA) is 58.6 Å². The van der Waals surface area contributed by atoms with Crippen LogP contribution in [0.15, 0.2) is 36.4 Å². The van der Waals surface area contributed by atoms with Gasteiger partial charge in [-0.1, -0.05) is 23.2 Å². The molecule has 0 saturated carbocycles. The van der Waals surface area contributed by atoms with E-state index in [0.29, 0.717) is 33.6 Å². The van der Waals surface area contributed by atoms with E-state index in [9.17, 15) is 9.59 Å². The second kappa shape index (κ2) is 8.95. The summed E-state index contributed by atoms with van der Waals surface area (Å²) in [6, 6.07) is 10.1. The van der Waals surface area contributed by atoms with Crippen molar-refractivity contribution in [1.29, 1.82) is 0 Å². The summed E-state index contributed by atoms with van der Waals surface area (Å²) in [6.45, 7) is 2.85. The Bertz CT molecular complexity index is 901. The molecule has 1 aliphatic heterocycles. The van der Waals surface area contributed by atoms with Gasteiger partial charge in [-0.25, -0.2) is 0 Å². The van der Waals surface area contributed by atoms with Crippen molar-refractivity contribution in [2.24, 2.45) is 0 Å². The van der Waals surface area contributed by atoms with E-state index < -0.39 is 0 Å². The number of rotatable bonds is 6. The highest BCUT2D eigenvalue weighted by molar-refractivity contribution is 6.36. The third-order valence-corrected chi connectivity index (χ3v) is 5.46. The van der Waals surface area contributed by atoms with Gasteiger partial charge in [-0.15, -0.1) is 0 Å². The molecule has 1 heterocycles.